The Morgan fingerprint density at radius 2 is 2.00 bits per heavy atom. The number of nitrogens with zero attached hydrogens (tertiary/aromatic N) is 3. The Hall–Kier alpha value is -3.94. The van der Waals surface area contributed by atoms with Gasteiger partial charge in [-0.15, -0.1) is 0 Å². The number of H-pyrrole nitrogens is 1. The molecule has 0 spiro atoms. The monoisotopic (exact) mass is 414 g/mol. The summed E-state index contributed by atoms with van der Waals surface area (Å²) in [7, 11) is 0. The van der Waals surface area contributed by atoms with Crippen LogP contribution in [0.3, 0.4) is 0 Å². The van der Waals surface area contributed by atoms with Crippen LogP contribution < -0.4 is 10.6 Å². The second-order valence-corrected chi connectivity index (χ2v) is 7.90. The van der Waals surface area contributed by atoms with Crippen molar-refractivity contribution >= 4 is 28.7 Å². The number of carbonyl (C=O) groups is 2. The van der Waals surface area contributed by atoms with E-state index in [1.807, 2.05) is 32.0 Å². The summed E-state index contributed by atoms with van der Waals surface area (Å²) in [4.78, 5) is 32.7. The number of aromatic nitrogens is 4. The molecule has 5 rings (SSSR count). The van der Waals surface area contributed by atoms with Gasteiger partial charge in [-0.3, -0.25) is 9.59 Å². The highest BCUT2D eigenvalue weighted by Crippen LogP contribution is 2.28. The SMILES string of the molecule is Cc1ccc(C(=O)NC2CC2)cc1Nc1ncnn2cc(C(=O)c3cc[nH]c3)c(C)c12. The molecule has 4 aromatic rings. The Morgan fingerprint density at radius 1 is 1.16 bits per heavy atom. The lowest BCUT2D eigenvalue weighted by Crippen LogP contribution is -2.25. The Balaban J connectivity index is 1.51. The second-order valence-electron chi connectivity index (χ2n) is 7.90. The topological polar surface area (TPSA) is 104 Å². The van der Waals surface area contributed by atoms with Crippen molar-refractivity contribution in [1.29, 1.82) is 0 Å². The molecule has 1 aromatic carbocycles. The lowest BCUT2D eigenvalue weighted by atomic mass is 10.0. The molecular weight excluding hydrogens is 392 g/mol. The van der Waals surface area contributed by atoms with Gasteiger partial charge in [-0.05, 0) is 56.0 Å². The van der Waals surface area contributed by atoms with Gasteiger partial charge >= 0.3 is 0 Å². The second kappa shape index (κ2) is 7.39. The van der Waals surface area contributed by atoms with E-state index in [0.29, 0.717) is 34.1 Å². The summed E-state index contributed by atoms with van der Waals surface area (Å²) in [6, 6.07) is 7.61. The standard InChI is InChI=1S/C23H22N6O2/c1-13-3-4-15(23(31)27-17-5-6-17)9-19(13)28-22-20-14(2)18(11-29(20)26-12-25-22)21(30)16-7-8-24-10-16/h3-4,7-12,17,24H,5-6H2,1-2H3,(H,27,31)(H,25,26,28). The first kappa shape index (κ1) is 19.0. The zero-order valence-corrected chi connectivity index (χ0v) is 17.3. The van der Waals surface area contributed by atoms with E-state index in [2.05, 4.69) is 25.7 Å². The number of carbonyl (C=O) groups excluding carboxylic acids is 2. The summed E-state index contributed by atoms with van der Waals surface area (Å²) in [6.07, 6.45) is 8.65. The van der Waals surface area contributed by atoms with Crippen molar-refractivity contribution in [3.8, 4) is 0 Å². The minimum absolute atomic E-state index is 0.0726. The quantitative estimate of drug-likeness (QED) is 0.419. The number of fused-ring (bicyclic) bond motifs is 1. The summed E-state index contributed by atoms with van der Waals surface area (Å²) in [5, 5.41) is 10.6. The average molecular weight is 414 g/mol. The Labute approximate surface area is 178 Å². The molecule has 0 unspecified atom stereocenters. The van der Waals surface area contributed by atoms with E-state index in [1.54, 1.807) is 29.2 Å². The lowest BCUT2D eigenvalue weighted by molar-refractivity contribution is 0.0950. The van der Waals surface area contributed by atoms with Crippen LogP contribution in [0.15, 0.2) is 49.2 Å². The van der Waals surface area contributed by atoms with E-state index in [-0.39, 0.29) is 11.7 Å². The normalized spacial score (nSPS) is 13.4. The Morgan fingerprint density at radius 3 is 2.74 bits per heavy atom. The molecule has 3 heterocycles. The average Bonchev–Trinajstić information content (AvgIpc) is 3.27. The molecular formula is C23H22N6O2. The Bertz CT molecular complexity index is 1300. The first-order valence-electron chi connectivity index (χ1n) is 10.2. The van der Waals surface area contributed by atoms with Gasteiger partial charge in [-0.2, -0.15) is 5.10 Å². The maximum Gasteiger partial charge on any atom is 0.251 e. The summed E-state index contributed by atoms with van der Waals surface area (Å²) in [5.74, 6) is 0.422. The van der Waals surface area contributed by atoms with E-state index in [1.165, 1.54) is 6.33 Å². The Kier molecular flexibility index (Phi) is 4.54. The number of aromatic amines is 1. The number of amides is 1. The zero-order chi connectivity index (χ0) is 21.5. The van der Waals surface area contributed by atoms with Crippen LogP contribution >= 0.6 is 0 Å². The van der Waals surface area contributed by atoms with Gasteiger partial charge in [0.2, 0.25) is 0 Å². The number of aryl methyl sites for hydroxylation is 2. The molecule has 31 heavy (non-hydrogen) atoms. The smallest absolute Gasteiger partial charge is 0.251 e. The molecule has 0 saturated heterocycles. The van der Waals surface area contributed by atoms with E-state index >= 15 is 0 Å². The molecule has 1 aliphatic carbocycles. The van der Waals surface area contributed by atoms with Gasteiger partial charge in [0.15, 0.2) is 11.6 Å². The molecule has 1 amide bonds. The maximum atomic E-state index is 12.9. The van der Waals surface area contributed by atoms with Crippen molar-refractivity contribution in [2.45, 2.75) is 32.7 Å². The maximum absolute atomic E-state index is 12.9. The van der Waals surface area contributed by atoms with Crippen molar-refractivity contribution in [3.05, 3.63) is 77.0 Å². The van der Waals surface area contributed by atoms with Crippen molar-refractivity contribution in [3.63, 3.8) is 0 Å². The van der Waals surface area contributed by atoms with Crippen molar-refractivity contribution in [2.24, 2.45) is 0 Å². The number of benzene rings is 1. The number of hydrogen-bond donors (Lipinski definition) is 3. The third-order valence-corrected chi connectivity index (χ3v) is 5.60. The molecule has 3 aromatic heterocycles. The summed E-state index contributed by atoms with van der Waals surface area (Å²) < 4.78 is 1.66. The summed E-state index contributed by atoms with van der Waals surface area (Å²) in [6.45, 7) is 3.85. The highest BCUT2D eigenvalue weighted by Gasteiger charge is 2.24. The number of nitrogens with one attached hydrogen (secondary N) is 3. The van der Waals surface area contributed by atoms with Crippen molar-refractivity contribution < 1.29 is 9.59 Å². The summed E-state index contributed by atoms with van der Waals surface area (Å²) >= 11 is 0. The highest BCUT2D eigenvalue weighted by molar-refractivity contribution is 6.11. The van der Waals surface area contributed by atoms with Crippen LogP contribution in [0.5, 0.6) is 0 Å². The molecule has 0 aliphatic heterocycles. The van der Waals surface area contributed by atoms with E-state index in [0.717, 1.165) is 29.7 Å². The molecule has 8 nitrogen and oxygen atoms in total. The molecule has 1 saturated carbocycles. The fraction of sp³-hybridized carbons (Fsp3) is 0.217. The third kappa shape index (κ3) is 3.56. The molecule has 0 atom stereocenters. The van der Waals surface area contributed by atoms with Crippen LogP contribution in [0, 0.1) is 13.8 Å². The van der Waals surface area contributed by atoms with Gasteiger partial charge in [0.25, 0.3) is 5.91 Å². The van der Waals surface area contributed by atoms with E-state index in [4.69, 9.17) is 0 Å². The van der Waals surface area contributed by atoms with Crippen molar-refractivity contribution in [2.75, 3.05) is 5.32 Å². The predicted octanol–water partition coefficient (Wildman–Crippen LogP) is 3.54. The van der Waals surface area contributed by atoms with Crippen LogP contribution in [0.25, 0.3) is 5.52 Å². The number of rotatable bonds is 6. The lowest BCUT2D eigenvalue weighted by Gasteiger charge is -2.12. The first-order valence-corrected chi connectivity index (χ1v) is 10.2. The van der Waals surface area contributed by atoms with Gasteiger partial charge < -0.3 is 15.6 Å². The number of hydrogen-bond acceptors (Lipinski definition) is 5. The minimum Gasteiger partial charge on any atom is -0.367 e. The number of ketones is 1. The molecule has 0 bridgehead atoms. The third-order valence-electron chi connectivity index (χ3n) is 5.60. The van der Waals surface area contributed by atoms with Gasteiger partial charge in [0.1, 0.15) is 11.8 Å². The summed E-state index contributed by atoms with van der Waals surface area (Å²) in [5.41, 5.74) is 5.02. The molecule has 8 heteroatoms. The zero-order valence-electron chi connectivity index (χ0n) is 17.3. The fourth-order valence-corrected chi connectivity index (χ4v) is 3.62. The van der Waals surface area contributed by atoms with Gasteiger partial charge in [-0.25, -0.2) is 9.50 Å². The molecule has 156 valence electrons. The van der Waals surface area contributed by atoms with E-state index in [9.17, 15) is 9.59 Å². The van der Waals surface area contributed by atoms with Crippen LogP contribution in [-0.2, 0) is 0 Å². The minimum atomic E-state index is -0.0786. The van der Waals surface area contributed by atoms with Crippen LogP contribution in [-0.4, -0.2) is 37.3 Å². The first-order chi connectivity index (χ1) is 15.0. The van der Waals surface area contributed by atoms with Crippen molar-refractivity contribution in [1.82, 2.24) is 24.9 Å². The largest absolute Gasteiger partial charge is 0.367 e. The molecule has 1 aliphatic rings. The fourth-order valence-electron chi connectivity index (χ4n) is 3.62. The van der Waals surface area contributed by atoms with Crippen LogP contribution in [0.4, 0.5) is 11.5 Å². The molecule has 1 fully saturated rings. The van der Waals surface area contributed by atoms with E-state index < -0.39 is 0 Å². The van der Waals surface area contributed by atoms with Gasteiger partial charge in [0, 0.05) is 47.0 Å². The predicted molar refractivity (Wildman–Crippen MR) is 117 cm³/mol. The highest BCUT2D eigenvalue weighted by atomic mass is 16.1. The molecule has 0 radical (unpaired) electrons. The van der Waals surface area contributed by atoms with Gasteiger partial charge in [-0.1, -0.05) is 6.07 Å². The molecule has 3 N–H and O–H groups in total. The van der Waals surface area contributed by atoms with Gasteiger partial charge in [0.05, 0.1) is 0 Å². The van der Waals surface area contributed by atoms with Crippen LogP contribution in [0.1, 0.15) is 50.2 Å². The number of anilines is 2. The van der Waals surface area contributed by atoms with Crippen LogP contribution in [0.2, 0.25) is 0 Å².